The second kappa shape index (κ2) is 8.45. The number of aliphatic hydroxyl groups is 1. The molecule has 1 heterocycles. The number of furan rings is 1. The number of ether oxygens (including phenoxy) is 1. The maximum atomic E-state index is 9.91. The Labute approximate surface area is 121 Å². The van der Waals surface area contributed by atoms with E-state index in [9.17, 15) is 5.11 Å². The molecule has 1 aliphatic carbocycles. The molecule has 1 aromatic rings. The van der Waals surface area contributed by atoms with Crippen LogP contribution in [0.5, 0.6) is 0 Å². The van der Waals surface area contributed by atoms with Crippen LogP contribution in [0.3, 0.4) is 0 Å². The Morgan fingerprint density at radius 3 is 2.90 bits per heavy atom. The zero-order chi connectivity index (χ0) is 14.2. The SMILES string of the molecule is C[C@@H](NCC(O)COCc1ccco1)C1CCCCC1. The van der Waals surface area contributed by atoms with E-state index >= 15 is 0 Å². The van der Waals surface area contributed by atoms with Gasteiger partial charge in [-0.3, -0.25) is 0 Å². The highest BCUT2D eigenvalue weighted by molar-refractivity contribution is 4.96. The van der Waals surface area contributed by atoms with Crippen LogP contribution in [0.15, 0.2) is 22.8 Å². The summed E-state index contributed by atoms with van der Waals surface area (Å²) in [7, 11) is 0. The molecule has 20 heavy (non-hydrogen) atoms. The van der Waals surface area contributed by atoms with Gasteiger partial charge in [-0.15, -0.1) is 0 Å². The quantitative estimate of drug-likeness (QED) is 0.769. The summed E-state index contributed by atoms with van der Waals surface area (Å²) in [6.07, 6.45) is 7.89. The summed E-state index contributed by atoms with van der Waals surface area (Å²) in [4.78, 5) is 0. The van der Waals surface area contributed by atoms with Crippen molar-refractivity contribution in [1.82, 2.24) is 5.32 Å². The van der Waals surface area contributed by atoms with Crippen molar-refractivity contribution < 1.29 is 14.3 Å². The third-order valence-corrected chi connectivity index (χ3v) is 4.17. The smallest absolute Gasteiger partial charge is 0.129 e. The molecule has 2 N–H and O–H groups in total. The van der Waals surface area contributed by atoms with Crippen LogP contribution in [0.2, 0.25) is 0 Å². The molecule has 0 radical (unpaired) electrons. The minimum absolute atomic E-state index is 0.338. The fraction of sp³-hybridized carbons (Fsp3) is 0.750. The van der Waals surface area contributed by atoms with Crippen molar-refractivity contribution in [3.05, 3.63) is 24.2 Å². The number of hydrogen-bond donors (Lipinski definition) is 2. The van der Waals surface area contributed by atoms with Gasteiger partial charge in [-0.25, -0.2) is 0 Å². The molecule has 2 atom stereocenters. The van der Waals surface area contributed by atoms with Crippen molar-refractivity contribution in [2.24, 2.45) is 5.92 Å². The van der Waals surface area contributed by atoms with Crippen molar-refractivity contribution in [3.63, 3.8) is 0 Å². The fourth-order valence-electron chi connectivity index (χ4n) is 2.87. The lowest BCUT2D eigenvalue weighted by molar-refractivity contribution is 0.0206. The Balaban J connectivity index is 1.55. The Hall–Kier alpha value is -0.840. The topological polar surface area (TPSA) is 54.6 Å². The van der Waals surface area contributed by atoms with Gasteiger partial charge in [0, 0.05) is 12.6 Å². The number of hydrogen-bond acceptors (Lipinski definition) is 4. The normalized spacial score (nSPS) is 19.9. The van der Waals surface area contributed by atoms with Crippen LogP contribution in [0.1, 0.15) is 44.8 Å². The lowest BCUT2D eigenvalue weighted by atomic mass is 9.84. The van der Waals surface area contributed by atoms with Gasteiger partial charge in [0.25, 0.3) is 0 Å². The Morgan fingerprint density at radius 1 is 1.40 bits per heavy atom. The van der Waals surface area contributed by atoms with Gasteiger partial charge in [0.2, 0.25) is 0 Å². The minimum Gasteiger partial charge on any atom is -0.467 e. The van der Waals surface area contributed by atoms with Crippen LogP contribution in [-0.4, -0.2) is 30.4 Å². The molecule has 4 nitrogen and oxygen atoms in total. The maximum Gasteiger partial charge on any atom is 0.129 e. The molecule has 1 fully saturated rings. The summed E-state index contributed by atoms with van der Waals surface area (Å²) in [5.74, 6) is 1.56. The summed E-state index contributed by atoms with van der Waals surface area (Å²) >= 11 is 0. The summed E-state index contributed by atoms with van der Waals surface area (Å²) in [5, 5.41) is 13.3. The highest BCUT2D eigenvalue weighted by atomic mass is 16.5. The van der Waals surface area contributed by atoms with Crippen molar-refractivity contribution in [3.8, 4) is 0 Å². The summed E-state index contributed by atoms with van der Waals surface area (Å²) < 4.78 is 10.6. The highest BCUT2D eigenvalue weighted by Crippen LogP contribution is 2.26. The first-order chi connectivity index (χ1) is 9.75. The molecule has 1 unspecified atom stereocenters. The van der Waals surface area contributed by atoms with Crippen molar-refractivity contribution in [2.45, 2.75) is 57.8 Å². The molecule has 1 saturated carbocycles. The van der Waals surface area contributed by atoms with Gasteiger partial charge in [0.15, 0.2) is 0 Å². The zero-order valence-electron chi connectivity index (χ0n) is 12.4. The monoisotopic (exact) mass is 281 g/mol. The zero-order valence-corrected chi connectivity index (χ0v) is 12.4. The van der Waals surface area contributed by atoms with Gasteiger partial charge in [-0.05, 0) is 37.8 Å². The summed E-state index contributed by atoms with van der Waals surface area (Å²) in [6.45, 7) is 3.58. The molecule has 0 spiro atoms. The van der Waals surface area contributed by atoms with Gasteiger partial charge in [-0.2, -0.15) is 0 Å². The Kier molecular flexibility index (Phi) is 6.57. The molecule has 0 aromatic carbocycles. The van der Waals surface area contributed by atoms with E-state index < -0.39 is 6.10 Å². The van der Waals surface area contributed by atoms with Gasteiger partial charge in [-0.1, -0.05) is 19.3 Å². The Bertz CT molecular complexity index is 347. The third kappa shape index (κ3) is 5.27. The predicted octanol–water partition coefficient (Wildman–Crippen LogP) is 2.72. The van der Waals surface area contributed by atoms with Crippen molar-refractivity contribution in [2.75, 3.05) is 13.2 Å². The number of nitrogens with one attached hydrogen (secondary N) is 1. The molecule has 2 rings (SSSR count). The van der Waals surface area contributed by atoms with Gasteiger partial charge in [0.05, 0.1) is 19.0 Å². The van der Waals surface area contributed by atoms with E-state index in [0.29, 0.717) is 25.8 Å². The van der Waals surface area contributed by atoms with Crippen LogP contribution in [0.4, 0.5) is 0 Å². The van der Waals surface area contributed by atoms with Crippen LogP contribution < -0.4 is 5.32 Å². The van der Waals surface area contributed by atoms with Crippen LogP contribution in [-0.2, 0) is 11.3 Å². The minimum atomic E-state index is -0.462. The van der Waals surface area contributed by atoms with E-state index in [4.69, 9.17) is 9.15 Å². The van der Waals surface area contributed by atoms with Gasteiger partial charge >= 0.3 is 0 Å². The number of rotatable bonds is 8. The van der Waals surface area contributed by atoms with E-state index in [-0.39, 0.29) is 0 Å². The largest absolute Gasteiger partial charge is 0.467 e. The molecule has 0 amide bonds. The average molecular weight is 281 g/mol. The molecule has 1 aliphatic rings. The first-order valence-electron chi connectivity index (χ1n) is 7.77. The molecule has 0 saturated heterocycles. The molecule has 4 heteroatoms. The van der Waals surface area contributed by atoms with Crippen molar-refractivity contribution >= 4 is 0 Å². The van der Waals surface area contributed by atoms with Gasteiger partial charge in [0.1, 0.15) is 12.4 Å². The highest BCUT2D eigenvalue weighted by Gasteiger charge is 2.20. The van der Waals surface area contributed by atoms with E-state index in [0.717, 1.165) is 11.7 Å². The fourth-order valence-corrected chi connectivity index (χ4v) is 2.87. The average Bonchev–Trinajstić information content (AvgIpc) is 2.99. The summed E-state index contributed by atoms with van der Waals surface area (Å²) in [6, 6.07) is 4.19. The standard InChI is InChI=1S/C16H27NO3/c1-13(14-6-3-2-4-7-14)17-10-15(18)11-19-12-16-8-5-9-20-16/h5,8-9,13-15,17-18H,2-4,6-7,10-12H2,1H3/t13-,15?/m1/s1. The van der Waals surface area contributed by atoms with Gasteiger partial charge < -0.3 is 19.6 Å². The van der Waals surface area contributed by atoms with E-state index in [1.165, 1.54) is 32.1 Å². The molecule has 0 bridgehead atoms. The maximum absolute atomic E-state index is 9.91. The van der Waals surface area contributed by atoms with E-state index in [1.54, 1.807) is 6.26 Å². The van der Waals surface area contributed by atoms with Crippen LogP contribution >= 0.6 is 0 Å². The first-order valence-corrected chi connectivity index (χ1v) is 7.77. The van der Waals surface area contributed by atoms with E-state index in [2.05, 4.69) is 12.2 Å². The molecular weight excluding hydrogens is 254 g/mol. The number of aliphatic hydroxyl groups excluding tert-OH is 1. The third-order valence-electron chi connectivity index (χ3n) is 4.17. The molecular formula is C16H27NO3. The lowest BCUT2D eigenvalue weighted by Gasteiger charge is -2.29. The van der Waals surface area contributed by atoms with Crippen LogP contribution in [0.25, 0.3) is 0 Å². The Morgan fingerprint density at radius 2 is 2.20 bits per heavy atom. The summed E-state index contributed by atoms with van der Waals surface area (Å²) in [5.41, 5.74) is 0. The van der Waals surface area contributed by atoms with Crippen LogP contribution in [0, 0.1) is 5.92 Å². The molecule has 114 valence electrons. The molecule has 0 aliphatic heterocycles. The van der Waals surface area contributed by atoms with Crippen molar-refractivity contribution in [1.29, 1.82) is 0 Å². The molecule has 1 aromatic heterocycles. The lowest BCUT2D eigenvalue weighted by Crippen LogP contribution is -2.40. The first kappa shape index (κ1) is 15.5. The van der Waals surface area contributed by atoms with E-state index in [1.807, 2.05) is 12.1 Å². The second-order valence-electron chi connectivity index (χ2n) is 5.84. The predicted molar refractivity (Wildman–Crippen MR) is 78.4 cm³/mol. The second-order valence-corrected chi connectivity index (χ2v) is 5.84.